The minimum atomic E-state index is -1.58. The van der Waals surface area contributed by atoms with Crippen LogP contribution < -0.4 is 16.4 Å². The molecule has 7 N–H and O–H groups in total. The van der Waals surface area contributed by atoms with Crippen molar-refractivity contribution in [3.05, 3.63) is 0 Å². The molecular formula is C15H27N3O7. The molecular weight excluding hydrogens is 334 g/mol. The highest BCUT2D eigenvalue weighted by atomic mass is 16.4. The van der Waals surface area contributed by atoms with Crippen LogP contribution in [0.4, 0.5) is 0 Å². The number of carbonyl (C=O) groups excluding carboxylic acids is 2. The minimum Gasteiger partial charge on any atom is -0.481 e. The van der Waals surface area contributed by atoms with Gasteiger partial charge in [-0.2, -0.15) is 0 Å². The van der Waals surface area contributed by atoms with Gasteiger partial charge in [-0.1, -0.05) is 20.3 Å². The zero-order valence-electron chi connectivity index (χ0n) is 14.6. The van der Waals surface area contributed by atoms with E-state index in [-0.39, 0.29) is 12.3 Å². The first kappa shape index (κ1) is 22.8. The monoisotopic (exact) mass is 361 g/mol. The second kappa shape index (κ2) is 10.6. The number of aliphatic hydroxyl groups is 1. The molecule has 0 aromatic heterocycles. The van der Waals surface area contributed by atoms with Crippen LogP contribution in [0.3, 0.4) is 0 Å². The van der Waals surface area contributed by atoms with E-state index in [1.54, 1.807) is 6.92 Å². The Labute approximate surface area is 145 Å². The van der Waals surface area contributed by atoms with Crippen LogP contribution in [0, 0.1) is 5.92 Å². The van der Waals surface area contributed by atoms with Gasteiger partial charge in [0.15, 0.2) is 6.04 Å². The van der Waals surface area contributed by atoms with Gasteiger partial charge >= 0.3 is 11.9 Å². The lowest BCUT2D eigenvalue weighted by Gasteiger charge is -2.25. The topological polar surface area (TPSA) is 179 Å². The Balaban J connectivity index is 5.14. The largest absolute Gasteiger partial charge is 0.481 e. The number of nitrogens with two attached hydrogens (primary N) is 1. The van der Waals surface area contributed by atoms with Gasteiger partial charge < -0.3 is 31.7 Å². The summed E-state index contributed by atoms with van der Waals surface area (Å²) < 4.78 is 0. The van der Waals surface area contributed by atoms with Crippen molar-refractivity contribution in [2.24, 2.45) is 11.7 Å². The summed E-state index contributed by atoms with van der Waals surface area (Å²) in [5, 5.41) is 31.6. The fourth-order valence-electron chi connectivity index (χ4n) is 1.96. The quantitative estimate of drug-likeness (QED) is 0.261. The molecule has 144 valence electrons. The third kappa shape index (κ3) is 7.94. The molecule has 10 nitrogen and oxygen atoms in total. The van der Waals surface area contributed by atoms with E-state index in [4.69, 9.17) is 15.9 Å². The van der Waals surface area contributed by atoms with Gasteiger partial charge in [0.2, 0.25) is 11.8 Å². The molecule has 0 unspecified atom stereocenters. The number of rotatable bonds is 11. The second-order valence-corrected chi connectivity index (χ2v) is 5.97. The number of hydrogen-bond acceptors (Lipinski definition) is 6. The summed E-state index contributed by atoms with van der Waals surface area (Å²) in [7, 11) is 0. The fraction of sp³-hybridized carbons (Fsp3) is 0.733. The maximum Gasteiger partial charge on any atom is 0.328 e. The number of hydrogen-bond donors (Lipinski definition) is 6. The molecule has 0 saturated heterocycles. The molecule has 0 bridgehead atoms. The third-order valence-corrected chi connectivity index (χ3v) is 3.89. The number of aliphatic carboxylic acids is 2. The number of nitrogens with one attached hydrogen (secondary N) is 2. The van der Waals surface area contributed by atoms with Gasteiger partial charge in [0, 0.05) is 6.42 Å². The van der Waals surface area contributed by atoms with Crippen LogP contribution in [0.15, 0.2) is 0 Å². The Hall–Kier alpha value is -2.20. The summed E-state index contributed by atoms with van der Waals surface area (Å²) in [6.07, 6.45) is -1.40. The summed E-state index contributed by atoms with van der Waals surface area (Å²) in [4.78, 5) is 46.1. The first-order valence-electron chi connectivity index (χ1n) is 8.00. The molecule has 2 amide bonds. The van der Waals surface area contributed by atoms with Crippen molar-refractivity contribution >= 4 is 23.8 Å². The van der Waals surface area contributed by atoms with Crippen molar-refractivity contribution in [3.63, 3.8) is 0 Å². The molecule has 0 aromatic rings. The number of aliphatic hydroxyl groups excluding tert-OH is 1. The molecule has 10 heteroatoms. The van der Waals surface area contributed by atoms with Crippen LogP contribution in [-0.2, 0) is 19.2 Å². The summed E-state index contributed by atoms with van der Waals surface area (Å²) in [5.74, 6) is -4.33. The lowest BCUT2D eigenvalue weighted by atomic mass is 9.98. The molecule has 0 spiro atoms. The van der Waals surface area contributed by atoms with Crippen molar-refractivity contribution in [2.75, 3.05) is 0 Å². The molecule has 0 heterocycles. The predicted octanol–water partition coefficient (Wildman–Crippen LogP) is -1.34. The smallest absolute Gasteiger partial charge is 0.328 e. The number of amides is 2. The van der Waals surface area contributed by atoms with Crippen molar-refractivity contribution in [3.8, 4) is 0 Å². The summed E-state index contributed by atoms with van der Waals surface area (Å²) in [5.41, 5.74) is 5.78. The van der Waals surface area contributed by atoms with Crippen molar-refractivity contribution < 1.29 is 34.5 Å². The predicted molar refractivity (Wildman–Crippen MR) is 87.5 cm³/mol. The van der Waals surface area contributed by atoms with Crippen LogP contribution in [0.1, 0.15) is 40.0 Å². The zero-order valence-corrected chi connectivity index (χ0v) is 14.6. The number of carbonyl (C=O) groups is 4. The maximum absolute atomic E-state index is 12.2. The molecule has 0 aromatic carbocycles. The van der Waals surface area contributed by atoms with E-state index < -0.39 is 54.4 Å². The summed E-state index contributed by atoms with van der Waals surface area (Å²) in [6.45, 7) is 4.78. The standard InChI is InChI=1S/C15H27N3O7/c1-4-7(2)11(16)14(23)17-9(5-6-10(20)21)13(22)18-12(8(3)19)15(24)25/h7-9,11-12,19H,4-6,16H2,1-3H3,(H,17,23)(H,18,22)(H,20,21)(H,24,25)/t7-,8+,9-,11-,12-/m0/s1. The zero-order chi connectivity index (χ0) is 19.7. The average molecular weight is 361 g/mol. The van der Waals surface area contributed by atoms with Crippen LogP contribution in [-0.4, -0.2) is 63.3 Å². The average Bonchev–Trinajstić information content (AvgIpc) is 2.53. The minimum absolute atomic E-state index is 0.160. The van der Waals surface area contributed by atoms with E-state index in [0.29, 0.717) is 6.42 Å². The van der Waals surface area contributed by atoms with E-state index in [2.05, 4.69) is 10.6 Å². The first-order valence-corrected chi connectivity index (χ1v) is 8.00. The van der Waals surface area contributed by atoms with E-state index in [0.717, 1.165) is 0 Å². The molecule has 0 saturated carbocycles. The van der Waals surface area contributed by atoms with Crippen LogP contribution in [0.5, 0.6) is 0 Å². The van der Waals surface area contributed by atoms with Gasteiger partial charge in [0.05, 0.1) is 12.1 Å². The summed E-state index contributed by atoms with van der Waals surface area (Å²) >= 11 is 0. The third-order valence-electron chi connectivity index (χ3n) is 3.89. The normalized spacial score (nSPS) is 16.8. The van der Waals surface area contributed by atoms with Crippen molar-refractivity contribution in [2.45, 2.75) is 64.3 Å². The van der Waals surface area contributed by atoms with E-state index in [1.807, 2.05) is 6.92 Å². The van der Waals surface area contributed by atoms with Crippen LogP contribution in [0.25, 0.3) is 0 Å². The van der Waals surface area contributed by atoms with Crippen LogP contribution in [0.2, 0.25) is 0 Å². The Morgan fingerprint density at radius 2 is 1.60 bits per heavy atom. The molecule has 0 aliphatic rings. The lowest BCUT2D eigenvalue weighted by molar-refractivity contribution is -0.145. The highest BCUT2D eigenvalue weighted by Crippen LogP contribution is 2.07. The van der Waals surface area contributed by atoms with Gasteiger partial charge in [-0.15, -0.1) is 0 Å². The molecule has 25 heavy (non-hydrogen) atoms. The number of carboxylic acid groups (broad SMARTS) is 2. The first-order chi connectivity index (χ1) is 11.5. The lowest BCUT2D eigenvalue weighted by Crippen LogP contribution is -2.57. The fourth-order valence-corrected chi connectivity index (χ4v) is 1.96. The van der Waals surface area contributed by atoms with Gasteiger partial charge in [0.1, 0.15) is 6.04 Å². The molecule has 0 rings (SSSR count). The Kier molecular flexibility index (Phi) is 9.69. The molecule has 0 aliphatic carbocycles. The summed E-state index contributed by atoms with van der Waals surface area (Å²) in [6, 6.07) is -3.75. The Morgan fingerprint density at radius 1 is 1.04 bits per heavy atom. The van der Waals surface area contributed by atoms with Crippen molar-refractivity contribution in [1.29, 1.82) is 0 Å². The Bertz CT molecular complexity index is 496. The molecule has 0 radical (unpaired) electrons. The van der Waals surface area contributed by atoms with E-state index >= 15 is 0 Å². The van der Waals surface area contributed by atoms with Gasteiger partial charge in [-0.3, -0.25) is 14.4 Å². The maximum atomic E-state index is 12.2. The highest BCUT2D eigenvalue weighted by Gasteiger charge is 2.31. The Morgan fingerprint density at radius 3 is 2.00 bits per heavy atom. The van der Waals surface area contributed by atoms with Crippen molar-refractivity contribution in [1.82, 2.24) is 10.6 Å². The highest BCUT2D eigenvalue weighted by molar-refractivity contribution is 5.92. The van der Waals surface area contributed by atoms with Gasteiger partial charge in [-0.05, 0) is 19.3 Å². The van der Waals surface area contributed by atoms with E-state index in [9.17, 15) is 24.3 Å². The second-order valence-electron chi connectivity index (χ2n) is 5.97. The molecule has 5 atom stereocenters. The molecule has 0 aliphatic heterocycles. The number of carboxylic acids is 2. The van der Waals surface area contributed by atoms with Gasteiger partial charge in [0.25, 0.3) is 0 Å². The van der Waals surface area contributed by atoms with E-state index in [1.165, 1.54) is 6.92 Å². The molecule has 0 fully saturated rings. The SMILES string of the molecule is CC[C@H](C)[C@H](N)C(=O)N[C@@H](CCC(=O)O)C(=O)N[C@H](C(=O)O)[C@@H](C)O. The van der Waals surface area contributed by atoms with Gasteiger partial charge in [-0.25, -0.2) is 4.79 Å². The van der Waals surface area contributed by atoms with Crippen LogP contribution >= 0.6 is 0 Å².